The third-order valence-electron chi connectivity index (χ3n) is 6.75. The Kier molecular flexibility index (Phi) is 10.0. The molecular formula is C31H34N4O4S2. The van der Waals surface area contributed by atoms with Gasteiger partial charge < -0.3 is 25.2 Å². The maximum Gasteiger partial charge on any atom is 0.315 e. The summed E-state index contributed by atoms with van der Waals surface area (Å²) in [6.07, 6.45) is 0.0144. The predicted molar refractivity (Wildman–Crippen MR) is 162 cm³/mol. The molecule has 0 spiro atoms. The molecule has 0 aliphatic carbocycles. The van der Waals surface area contributed by atoms with Crippen LogP contribution in [0.15, 0.2) is 77.1 Å². The summed E-state index contributed by atoms with van der Waals surface area (Å²) in [5, 5.41) is 24.4. The van der Waals surface area contributed by atoms with Crippen LogP contribution in [0.2, 0.25) is 0 Å². The van der Waals surface area contributed by atoms with Crippen molar-refractivity contribution in [3.8, 4) is 11.1 Å². The molecule has 1 aliphatic rings. The van der Waals surface area contributed by atoms with Crippen LogP contribution in [0.1, 0.15) is 53.0 Å². The first-order chi connectivity index (χ1) is 20.0. The maximum absolute atomic E-state index is 11.8. The molecule has 10 heteroatoms. The van der Waals surface area contributed by atoms with Gasteiger partial charge in [-0.15, -0.1) is 10.2 Å². The first kappa shape index (κ1) is 29.2. The molecule has 8 nitrogen and oxygen atoms in total. The van der Waals surface area contributed by atoms with Gasteiger partial charge >= 0.3 is 6.03 Å². The van der Waals surface area contributed by atoms with Crippen molar-refractivity contribution >= 4 is 29.1 Å². The number of urea groups is 1. The summed E-state index contributed by atoms with van der Waals surface area (Å²) in [4.78, 5) is 11.8. The van der Waals surface area contributed by atoms with Crippen molar-refractivity contribution in [1.29, 1.82) is 0 Å². The average molecular weight is 591 g/mol. The molecule has 1 fully saturated rings. The topological polar surface area (TPSA) is 106 Å². The van der Waals surface area contributed by atoms with E-state index in [1.165, 1.54) is 0 Å². The van der Waals surface area contributed by atoms with Crippen LogP contribution in [0.3, 0.4) is 0 Å². The van der Waals surface area contributed by atoms with Gasteiger partial charge in [0.05, 0.1) is 18.8 Å². The van der Waals surface area contributed by atoms with E-state index in [1.54, 1.807) is 23.1 Å². The Morgan fingerprint density at radius 3 is 2.46 bits per heavy atom. The number of hydrogen-bond donors (Lipinski definition) is 3. The zero-order valence-electron chi connectivity index (χ0n) is 23.1. The third-order valence-corrected chi connectivity index (χ3v) is 8.85. The number of aliphatic hydroxyl groups is 1. The van der Waals surface area contributed by atoms with Gasteiger partial charge in [0.1, 0.15) is 5.01 Å². The largest absolute Gasteiger partial charge is 0.392 e. The number of aliphatic hydroxyl groups excluding tert-OH is 1. The smallest absolute Gasteiger partial charge is 0.315 e. The summed E-state index contributed by atoms with van der Waals surface area (Å²) < 4.78 is 13.9. The van der Waals surface area contributed by atoms with Crippen LogP contribution in [0.4, 0.5) is 4.79 Å². The van der Waals surface area contributed by atoms with Crippen LogP contribution in [0.25, 0.3) is 11.1 Å². The molecule has 1 aliphatic heterocycles. The molecule has 3 N–H and O–H groups in total. The number of aryl methyl sites for hydroxylation is 1. The molecule has 214 valence electrons. The van der Waals surface area contributed by atoms with Crippen molar-refractivity contribution in [3.05, 3.63) is 100 Å². The Bertz CT molecular complexity index is 1430. The Balaban J connectivity index is 1.30. The van der Waals surface area contributed by atoms with Crippen LogP contribution < -0.4 is 10.6 Å². The molecular weight excluding hydrogens is 556 g/mol. The van der Waals surface area contributed by atoms with E-state index in [2.05, 4.69) is 57.2 Å². The van der Waals surface area contributed by atoms with Crippen molar-refractivity contribution in [2.45, 2.75) is 56.3 Å². The minimum atomic E-state index is -0.519. The number of thioether (sulfide) groups is 1. The van der Waals surface area contributed by atoms with E-state index >= 15 is 0 Å². The van der Waals surface area contributed by atoms with Gasteiger partial charge in [0.15, 0.2) is 10.6 Å². The SMILES string of the molecule is CCNC(=O)NCc1cccc(-c2ccc([C@H]3O[C@@H](CSc4nnc(C)s4)C[C@@H](c4ccc(CO)cc4)O3)cc2)c1. The number of aromatic nitrogens is 2. The summed E-state index contributed by atoms with van der Waals surface area (Å²) in [6.45, 7) is 4.91. The summed E-state index contributed by atoms with van der Waals surface area (Å²) in [7, 11) is 0. The van der Waals surface area contributed by atoms with Gasteiger partial charge in [-0.2, -0.15) is 0 Å². The summed E-state index contributed by atoms with van der Waals surface area (Å²) in [5.74, 6) is 0.745. The number of nitrogens with zero attached hydrogens (tertiary/aromatic N) is 2. The second kappa shape index (κ2) is 14.1. The lowest BCUT2D eigenvalue weighted by Gasteiger charge is -2.36. The second-order valence-corrected chi connectivity index (χ2v) is 12.2. The van der Waals surface area contributed by atoms with Gasteiger partial charge in [0.2, 0.25) is 0 Å². The fraction of sp³-hybridized carbons (Fsp3) is 0.323. The first-order valence-electron chi connectivity index (χ1n) is 13.6. The van der Waals surface area contributed by atoms with Gasteiger partial charge in [-0.1, -0.05) is 89.8 Å². The molecule has 0 bridgehead atoms. The van der Waals surface area contributed by atoms with Crippen molar-refractivity contribution in [1.82, 2.24) is 20.8 Å². The highest BCUT2D eigenvalue weighted by Crippen LogP contribution is 2.40. The monoisotopic (exact) mass is 590 g/mol. The molecule has 4 aromatic rings. The summed E-state index contributed by atoms with van der Waals surface area (Å²) >= 11 is 3.25. The zero-order valence-corrected chi connectivity index (χ0v) is 24.7. The highest BCUT2D eigenvalue weighted by molar-refractivity contribution is 8.01. The first-order valence-corrected chi connectivity index (χ1v) is 15.5. The number of benzene rings is 3. The molecule has 2 heterocycles. The van der Waals surface area contributed by atoms with Crippen LogP contribution in [0.5, 0.6) is 0 Å². The van der Waals surface area contributed by atoms with Crippen molar-refractivity contribution in [2.75, 3.05) is 12.3 Å². The van der Waals surface area contributed by atoms with E-state index < -0.39 is 6.29 Å². The molecule has 41 heavy (non-hydrogen) atoms. The van der Waals surface area contributed by atoms with E-state index in [1.807, 2.05) is 50.2 Å². The highest BCUT2D eigenvalue weighted by atomic mass is 32.2. The number of carbonyl (C=O) groups is 1. The van der Waals surface area contributed by atoms with Crippen LogP contribution >= 0.6 is 23.1 Å². The molecule has 3 atom stereocenters. The highest BCUT2D eigenvalue weighted by Gasteiger charge is 2.32. The van der Waals surface area contributed by atoms with Crippen molar-refractivity contribution in [3.63, 3.8) is 0 Å². The van der Waals surface area contributed by atoms with Crippen LogP contribution in [-0.2, 0) is 22.6 Å². The lowest BCUT2D eigenvalue weighted by molar-refractivity contribution is -0.245. The minimum Gasteiger partial charge on any atom is -0.392 e. The Hall–Kier alpha value is -3.28. The Morgan fingerprint density at radius 1 is 0.976 bits per heavy atom. The van der Waals surface area contributed by atoms with Gasteiger partial charge in [-0.25, -0.2) is 4.79 Å². The predicted octanol–water partition coefficient (Wildman–Crippen LogP) is 6.16. The zero-order chi connectivity index (χ0) is 28.6. The lowest BCUT2D eigenvalue weighted by Crippen LogP contribution is -2.34. The van der Waals surface area contributed by atoms with E-state index in [0.717, 1.165) is 54.9 Å². The fourth-order valence-corrected chi connectivity index (χ4v) is 6.48. The van der Waals surface area contributed by atoms with Gasteiger partial charge in [-0.3, -0.25) is 0 Å². The number of ether oxygens (including phenoxy) is 2. The molecule has 0 radical (unpaired) electrons. The lowest BCUT2D eigenvalue weighted by atomic mass is 9.99. The van der Waals surface area contributed by atoms with Gasteiger partial charge in [-0.05, 0) is 47.7 Å². The molecule has 2 amide bonds. The summed E-state index contributed by atoms with van der Waals surface area (Å²) in [5.41, 5.74) is 6.04. The third kappa shape index (κ3) is 7.93. The summed E-state index contributed by atoms with van der Waals surface area (Å²) in [6, 6.07) is 24.1. The standard InChI is InChI=1S/C31H34N4O4S2/c1-3-32-30(37)33-17-22-5-4-6-26(15-22)23-11-13-25(14-12-23)29-38-27(19-40-31-35-34-20(2)41-31)16-28(39-29)24-9-7-21(18-36)8-10-24/h4-15,27-29,36H,3,16-19H2,1-2H3,(H2,32,33,37)/t27-,28+,29+/m1/s1. The van der Waals surface area contributed by atoms with E-state index in [9.17, 15) is 9.90 Å². The number of hydrogen-bond acceptors (Lipinski definition) is 8. The number of amides is 2. The average Bonchev–Trinajstić information content (AvgIpc) is 3.44. The molecule has 0 unspecified atom stereocenters. The Labute approximate surface area is 248 Å². The molecule has 5 rings (SSSR count). The number of nitrogens with one attached hydrogen (secondary N) is 2. The van der Waals surface area contributed by atoms with Crippen LogP contribution in [0, 0.1) is 6.92 Å². The van der Waals surface area contributed by atoms with Crippen molar-refractivity contribution < 1.29 is 19.4 Å². The van der Waals surface area contributed by atoms with Crippen molar-refractivity contribution in [2.24, 2.45) is 0 Å². The minimum absolute atomic E-state index is 0.0119. The molecule has 3 aromatic carbocycles. The molecule has 1 aromatic heterocycles. The number of carbonyl (C=O) groups excluding carboxylic acids is 1. The fourth-order valence-electron chi connectivity index (χ4n) is 4.62. The van der Waals surface area contributed by atoms with Gasteiger partial charge in [0, 0.05) is 30.8 Å². The van der Waals surface area contributed by atoms with E-state index in [0.29, 0.717) is 13.1 Å². The van der Waals surface area contributed by atoms with E-state index in [-0.39, 0.29) is 24.8 Å². The van der Waals surface area contributed by atoms with E-state index in [4.69, 9.17) is 9.47 Å². The second-order valence-electron chi connectivity index (χ2n) is 9.78. The van der Waals surface area contributed by atoms with Gasteiger partial charge in [0.25, 0.3) is 0 Å². The maximum atomic E-state index is 11.8. The Morgan fingerprint density at radius 2 is 1.76 bits per heavy atom. The quantitative estimate of drug-likeness (QED) is 0.190. The number of rotatable bonds is 10. The normalized spacial score (nSPS) is 18.7. The van der Waals surface area contributed by atoms with Crippen LogP contribution in [-0.4, -0.2) is 39.7 Å². The molecule has 1 saturated heterocycles. The molecule has 0 saturated carbocycles.